The normalized spacial score (nSPS) is 20.2. The second-order valence-electron chi connectivity index (χ2n) is 6.26. The molecular formula is C15H21BN2O3S. The van der Waals surface area contributed by atoms with Gasteiger partial charge in [0.25, 0.3) is 0 Å². The lowest BCUT2D eigenvalue weighted by Gasteiger charge is -2.32. The second-order valence-corrected chi connectivity index (χ2v) is 7.41. The summed E-state index contributed by atoms with van der Waals surface area (Å²) >= 11 is 1.24. The standard InChI is InChI=1S/C15H21BN2O3S/c1-11(19)22-9-13(6-12-7-17-10-18-8-12)16-20-14(2,3)15(4,5)21-16/h6-8,10H,9H2,1-5H3. The first-order valence-electron chi connectivity index (χ1n) is 7.16. The number of carbonyl (C=O) groups excluding carboxylic acids is 1. The Morgan fingerprint density at radius 1 is 1.23 bits per heavy atom. The Bertz CT molecular complexity index is 559. The summed E-state index contributed by atoms with van der Waals surface area (Å²) in [6.07, 6.45) is 6.85. The number of aromatic nitrogens is 2. The highest BCUT2D eigenvalue weighted by Crippen LogP contribution is 2.39. The van der Waals surface area contributed by atoms with E-state index in [1.54, 1.807) is 19.3 Å². The fourth-order valence-electron chi connectivity index (χ4n) is 1.96. The lowest BCUT2D eigenvalue weighted by Crippen LogP contribution is -2.41. The van der Waals surface area contributed by atoms with Crippen LogP contribution in [-0.2, 0) is 14.1 Å². The Kier molecular flexibility index (Phi) is 5.09. The zero-order chi connectivity index (χ0) is 16.4. The van der Waals surface area contributed by atoms with E-state index in [4.69, 9.17) is 9.31 Å². The van der Waals surface area contributed by atoms with Gasteiger partial charge in [0.15, 0.2) is 5.12 Å². The molecule has 0 aromatic carbocycles. The Morgan fingerprint density at radius 3 is 2.27 bits per heavy atom. The molecule has 0 radical (unpaired) electrons. The number of hydrogen-bond donors (Lipinski definition) is 0. The van der Waals surface area contributed by atoms with Crippen molar-refractivity contribution in [1.29, 1.82) is 0 Å². The number of nitrogens with zero attached hydrogens (tertiary/aromatic N) is 2. The van der Waals surface area contributed by atoms with Crippen molar-refractivity contribution in [2.24, 2.45) is 0 Å². The summed E-state index contributed by atoms with van der Waals surface area (Å²) < 4.78 is 12.1. The lowest BCUT2D eigenvalue weighted by molar-refractivity contribution is -0.109. The minimum Gasteiger partial charge on any atom is -0.400 e. The molecule has 1 aliphatic rings. The highest BCUT2D eigenvalue weighted by atomic mass is 32.2. The van der Waals surface area contributed by atoms with Gasteiger partial charge in [-0.15, -0.1) is 0 Å². The third-order valence-corrected chi connectivity index (χ3v) is 4.81. The maximum absolute atomic E-state index is 11.3. The monoisotopic (exact) mass is 320 g/mol. The van der Waals surface area contributed by atoms with E-state index in [9.17, 15) is 4.79 Å². The molecule has 7 heteroatoms. The first-order valence-corrected chi connectivity index (χ1v) is 8.14. The van der Waals surface area contributed by atoms with Gasteiger partial charge >= 0.3 is 7.12 Å². The molecule has 0 unspecified atom stereocenters. The van der Waals surface area contributed by atoms with Crippen LogP contribution in [0.5, 0.6) is 0 Å². The number of rotatable bonds is 4. The third kappa shape index (κ3) is 3.97. The van der Waals surface area contributed by atoms with Crippen LogP contribution in [0.4, 0.5) is 0 Å². The van der Waals surface area contributed by atoms with Crippen molar-refractivity contribution in [3.05, 3.63) is 29.8 Å². The molecule has 0 atom stereocenters. The molecule has 5 nitrogen and oxygen atoms in total. The van der Waals surface area contributed by atoms with Crippen LogP contribution < -0.4 is 0 Å². The molecule has 0 amide bonds. The summed E-state index contributed by atoms with van der Waals surface area (Å²) in [4.78, 5) is 19.3. The van der Waals surface area contributed by atoms with E-state index in [0.29, 0.717) is 5.75 Å². The summed E-state index contributed by atoms with van der Waals surface area (Å²) in [5.74, 6) is 0.515. The van der Waals surface area contributed by atoms with Gasteiger partial charge in [0.1, 0.15) is 6.33 Å². The van der Waals surface area contributed by atoms with Crippen molar-refractivity contribution in [2.75, 3.05) is 5.75 Å². The third-order valence-electron chi connectivity index (χ3n) is 3.93. The van der Waals surface area contributed by atoms with Gasteiger partial charge in [-0.25, -0.2) is 9.97 Å². The molecule has 22 heavy (non-hydrogen) atoms. The zero-order valence-electron chi connectivity index (χ0n) is 13.6. The van der Waals surface area contributed by atoms with Crippen molar-refractivity contribution in [3.8, 4) is 0 Å². The Balaban J connectivity index is 2.26. The average molecular weight is 320 g/mol. The Labute approximate surface area is 136 Å². The topological polar surface area (TPSA) is 61.3 Å². The van der Waals surface area contributed by atoms with Crippen LogP contribution >= 0.6 is 11.8 Å². The Hall–Kier alpha value is -1.18. The minimum absolute atomic E-state index is 0.0618. The predicted octanol–water partition coefficient (Wildman–Crippen LogP) is 2.77. The summed E-state index contributed by atoms with van der Waals surface area (Å²) in [5, 5.41) is 0.0618. The maximum Gasteiger partial charge on any atom is 0.491 e. The number of thioether (sulfide) groups is 1. The van der Waals surface area contributed by atoms with E-state index in [1.807, 2.05) is 33.8 Å². The molecule has 1 aliphatic heterocycles. The van der Waals surface area contributed by atoms with Crippen LogP contribution in [-0.4, -0.2) is 39.2 Å². The van der Waals surface area contributed by atoms with Gasteiger partial charge in [0.2, 0.25) is 0 Å². The van der Waals surface area contributed by atoms with Crippen LogP contribution in [0.15, 0.2) is 24.2 Å². The molecule has 118 valence electrons. The van der Waals surface area contributed by atoms with Gasteiger partial charge in [0.05, 0.1) is 11.2 Å². The minimum atomic E-state index is -0.475. The molecule has 1 fully saturated rings. The molecule has 2 heterocycles. The first kappa shape index (κ1) is 17.2. The summed E-state index contributed by atoms with van der Waals surface area (Å²) in [5.41, 5.74) is 0.931. The highest BCUT2D eigenvalue weighted by Gasteiger charge is 2.52. The molecule has 1 aromatic heterocycles. The van der Waals surface area contributed by atoms with E-state index >= 15 is 0 Å². The summed E-state index contributed by atoms with van der Waals surface area (Å²) in [6, 6.07) is 0. The summed E-state index contributed by atoms with van der Waals surface area (Å²) in [6.45, 7) is 9.59. The van der Waals surface area contributed by atoms with Gasteiger partial charge < -0.3 is 9.31 Å². The molecule has 0 bridgehead atoms. The van der Waals surface area contributed by atoms with Crippen molar-refractivity contribution < 1.29 is 14.1 Å². The summed E-state index contributed by atoms with van der Waals surface area (Å²) in [7, 11) is -0.475. The number of hydrogen-bond acceptors (Lipinski definition) is 6. The van der Waals surface area contributed by atoms with Crippen molar-refractivity contribution in [2.45, 2.75) is 45.8 Å². The van der Waals surface area contributed by atoms with Crippen molar-refractivity contribution in [3.63, 3.8) is 0 Å². The molecule has 1 aromatic rings. The van der Waals surface area contributed by atoms with Crippen LogP contribution in [0.1, 0.15) is 40.2 Å². The SMILES string of the molecule is CC(=O)SCC(=Cc1cncnc1)B1OC(C)(C)C(C)(C)O1. The fraction of sp³-hybridized carbons (Fsp3) is 0.533. The van der Waals surface area contributed by atoms with Gasteiger partial charge in [-0.2, -0.15) is 0 Å². The largest absolute Gasteiger partial charge is 0.491 e. The van der Waals surface area contributed by atoms with E-state index < -0.39 is 18.3 Å². The first-order chi connectivity index (χ1) is 10.2. The smallest absolute Gasteiger partial charge is 0.400 e. The zero-order valence-corrected chi connectivity index (χ0v) is 14.4. The van der Waals surface area contributed by atoms with Crippen LogP contribution in [0.3, 0.4) is 0 Å². The lowest BCUT2D eigenvalue weighted by atomic mass is 9.78. The molecule has 2 rings (SSSR count). The van der Waals surface area contributed by atoms with E-state index in [2.05, 4.69) is 9.97 Å². The average Bonchev–Trinajstić information content (AvgIpc) is 2.64. The molecule has 0 spiro atoms. The van der Waals surface area contributed by atoms with Crippen molar-refractivity contribution in [1.82, 2.24) is 9.97 Å². The van der Waals surface area contributed by atoms with E-state index in [1.165, 1.54) is 18.1 Å². The van der Waals surface area contributed by atoms with Gasteiger partial charge in [-0.1, -0.05) is 17.8 Å². The maximum atomic E-state index is 11.3. The van der Waals surface area contributed by atoms with Gasteiger partial charge in [0, 0.05) is 30.6 Å². The van der Waals surface area contributed by atoms with Crippen LogP contribution in [0, 0.1) is 0 Å². The van der Waals surface area contributed by atoms with Gasteiger partial charge in [-0.3, -0.25) is 4.79 Å². The number of carbonyl (C=O) groups is 1. The molecule has 0 aliphatic carbocycles. The predicted molar refractivity (Wildman–Crippen MR) is 89.2 cm³/mol. The molecule has 0 saturated carbocycles. The van der Waals surface area contributed by atoms with Crippen LogP contribution in [0.25, 0.3) is 6.08 Å². The van der Waals surface area contributed by atoms with Gasteiger partial charge in [-0.05, 0) is 33.2 Å². The van der Waals surface area contributed by atoms with Crippen LogP contribution in [0.2, 0.25) is 0 Å². The van der Waals surface area contributed by atoms with Crippen molar-refractivity contribution >= 4 is 30.1 Å². The molecule has 1 saturated heterocycles. The quantitative estimate of drug-likeness (QED) is 0.795. The fourth-order valence-corrected chi connectivity index (χ4v) is 2.55. The molecule has 0 N–H and O–H groups in total. The Morgan fingerprint density at radius 2 is 1.77 bits per heavy atom. The highest BCUT2D eigenvalue weighted by molar-refractivity contribution is 8.13. The molecular weight excluding hydrogens is 299 g/mol. The van der Waals surface area contributed by atoms with E-state index in [0.717, 1.165) is 11.0 Å². The van der Waals surface area contributed by atoms with E-state index in [-0.39, 0.29) is 5.12 Å². The second kappa shape index (κ2) is 6.52.